The van der Waals surface area contributed by atoms with Crippen LogP contribution >= 0.6 is 0 Å². The SMILES string of the molecule is CC(C)(C)NC1CCN(S(=O)[O-])CC1. The monoisotopic (exact) mass is 219 g/mol. The summed E-state index contributed by atoms with van der Waals surface area (Å²) in [6, 6.07) is 0.454. The van der Waals surface area contributed by atoms with Crippen molar-refractivity contribution in [2.75, 3.05) is 13.1 Å². The van der Waals surface area contributed by atoms with Gasteiger partial charge < -0.3 is 9.87 Å². The Labute approximate surface area is 88.5 Å². The van der Waals surface area contributed by atoms with Gasteiger partial charge in [0.05, 0.1) is 0 Å². The molecule has 1 fully saturated rings. The number of piperidine rings is 1. The molecule has 1 N–H and O–H groups in total. The van der Waals surface area contributed by atoms with Crippen molar-refractivity contribution in [1.82, 2.24) is 9.62 Å². The third kappa shape index (κ3) is 4.04. The maximum absolute atomic E-state index is 10.7. The van der Waals surface area contributed by atoms with E-state index >= 15 is 0 Å². The molecule has 84 valence electrons. The maximum Gasteiger partial charge on any atom is 0.0209 e. The zero-order valence-electron chi connectivity index (χ0n) is 9.08. The van der Waals surface area contributed by atoms with Crippen molar-refractivity contribution in [3.8, 4) is 0 Å². The molecule has 1 aliphatic rings. The first-order valence-electron chi connectivity index (χ1n) is 5.00. The van der Waals surface area contributed by atoms with E-state index in [1.165, 1.54) is 4.31 Å². The molecule has 0 spiro atoms. The number of nitrogens with zero attached hydrogens (tertiary/aromatic N) is 1. The normalized spacial score (nSPS) is 23.7. The lowest BCUT2D eigenvalue weighted by molar-refractivity contribution is 0.247. The topological polar surface area (TPSA) is 55.4 Å². The predicted molar refractivity (Wildman–Crippen MR) is 56.4 cm³/mol. The summed E-state index contributed by atoms with van der Waals surface area (Å²) in [5, 5.41) is 3.49. The molecule has 0 radical (unpaired) electrons. The third-order valence-electron chi connectivity index (χ3n) is 2.30. The zero-order chi connectivity index (χ0) is 10.8. The fraction of sp³-hybridized carbons (Fsp3) is 1.00. The maximum atomic E-state index is 10.7. The van der Waals surface area contributed by atoms with Crippen LogP contribution in [0.1, 0.15) is 33.6 Å². The lowest BCUT2D eigenvalue weighted by atomic mass is 10.0. The summed E-state index contributed by atoms with van der Waals surface area (Å²) in [5.74, 6) is 0. The van der Waals surface area contributed by atoms with E-state index in [-0.39, 0.29) is 5.54 Å². The van der Waals surface area contributed by atoms with Gasteiger partial charge in [-0.05, 0) is 33.6 Å². The molecule has 1 saturated heterocycles. The van der Waals surface area contributed by atoms with Gasteiger partial charge in [-0.1, -0.05) is 0 Å². The van der Waals surface area contributed by atoms with Crippen LogP contribution in [-0.2, 0) is 11.3 Å². The Morgan fingerprint density at radius 2 is 1.86 bits per heavy atom. The van der Waals surface area contributed by atoms with Gasteiger partial charge >= 0.3 is 0 Å². The van der Waals surface area contributed by atoms with Crippen LogP contribution in [-0.4, -0.2) is 37.7 Å². The molecule has 14 heavy (non-hydrogen) atoms. The van der Waals surface area contributed by atoms with Gasteiger partial charge in [-0.2, -0.15) is 0 Å². The van der Waals surface area contributed by atoms with Gasteiger partial charge in [0.15, 0.2) is 0 Å². The summed E-state index contributed by atoms with van der Waals surface area (Å²) >= 11 is -2.03. The van der Waals surface area contributed by atoms with Crippen molar-refractivity contribution in [1.29, 1.82) is 0 Å². The molecule has 1 heterocycles. The fourth-order valence-corrected chi connectivity index (χ4v) is 2.27. The second-order valence-electron chi connectivity index (χ2n) is 4.81. The molecule has 1 aliphatic heterocycles. The molecule has 0 aromatic heterocycles. The highest BCUT2D eigenvalue weighted by atomic mass is 32.2. The summed E-state index contributed by atoms with van der Waals surface area (Å²) < 4.78 is 22.8. The van der Waals surface area contributed by atoms with Gasteiger partial charge in [0.2, 0.25) is 0 Å². The molecule has 1 atom stereocenters. The highest BCUT2D eigenvalue weighted by Gasteiger charge is 2.22. The number of hydrogen-bond donors (Lipinski definition) is 1. The van der Waals surface area contributed by atoms with Crippen LogP contribution in [0.2, 0.25) is 0 Å². The Balaban J connectivity index is 2.33. The highest BCUT2D eigenvalue weighted by Crippen LogP contribution is 2.14. The van der Waals surface area contributed by atoms with E-state index in [1.54, 1.807) is 0 Å². The fourth-order valence-electron chi connectivity index (χ4n) is 1.76. The van der Waals surface area contributed by atoms with E-state index in [9.17, 15) is 8.76 Å². The third-order valence-corrected chi connectivity index (χ3v) is 3.09. The molecule has 1 rings (SSSR count). The van der Waals surface area contributed by atoms with Crippen molar-refractivity contribution in [2.24, 2.45) is 0 Å². The van der Waals surface area contributed by atoms with Crippen LogP contribution in [0.3, 0.4) is 0 Å². The minimum absolute atomic E-state index is 0.115. The lowest BCUT2D eigenvalue weighted by Gasteiger charge is -2.36. The number of nitrogens with one attached hydrogen (secondary N) is 1. The molecule has 4 nitrogen and oxygen atoms in total. The second-order valence-corrected chi connectivity index (χ2v) is 5.77. The predicted octanol–water partition coefficient (Wildman–Crippen LogP) is 0.633. The minimum Gasteiger partial charge on any atom is -0.760 e. The first kappa shape index (κ1) is 12.1. The average Bonchev–Trinajstić information content (AvgIpc) is 2.02. The van der Waals surface area contributed by atoms with Crippen molar-refractivity contribution < 1.29 is 8.76 Å². The van der Waals surface area contributed by atoms with Crippen molar-refractivity contribution in [2.45, 2.75) is 45.2 Å². The zero-order valence-corrected chi connectivity index (χ0v) is 9.89. The van der Waals surface area contributed by atoms with E-state index in [4.69, 9.17) is 0 Å². The Morgan fingerprint density at radius 3 is 2.21 bits per heavy atom. The molecule has 0 bridgehead atoms. The van der Waals surface area contributed by atoms with E-state index in [2.05, 4.69) is 26.1 Å². The summed E-state index contributed by atoms with van der Waals surface area (Å²) in [5.41, 5.74) is 0.115. The smallest absolute Gasteiger partial charge is 0.0209 e. The highest BCUT2D eigenvalue weighted by molar-refractivity contribution is 7.76. The first-order valence-corrected chi connectivity index (χ1v) is 6.04. The molecular formula is C9H19N2O2S-. The van der Waals surface area contributed by atoms with E-state index in [0.717, 1.165) is 12.8 Å². The molecule has 0 aromatic carbocycles. The number of hydrogen-bond acceptors (Lipinski definition) is 3. The van der Waals surface area contributed by atoms with Crippen LogP contribution in [0.25, 0.3) is 0 Å². The van der Waals surface area contributed by atoms with Gasteiger partial charge in [-0.3, -0.25) is 4.21 Å². The quantitative estimate of drug-likeness (QED) is 0.693. The number of rotatable bonds is 2. The van der Waals surface area contributed by atoms with Crippen molar-refractivity contribution in [3.63, 3.8) is 0 Å². The van der Waals surface area contributed by atoms with E-state index < -0.39 is 11.3 Å². The summed E-state index contributed by atoms with van der Waals surface area (Å²) in [6.07, 6.45) is 1.82. The summed E-state index contributed by atoms with van der Waals surface area (Å²) in [4.78, 5) is 0. The van der Waals surface area contributed by atoms with Crippen LogP contribution in [0.15, 0.2) is 0 Å². The molecule has 0 saturated carbocycles. The minimum atomic E-state index is -2.03. The van der Waals surface area contributed by atoms with Gasteiger partial charge in [-0.25, -0.2) is 4.31 Å². The van der Waals surface area contributed by atoms with Crippen LogP contribution < -0.4 is 5.32 Å². The van der Waals surface area contributed by atoms with Gasteiger partial charge in [0.1, 0.15) is 0 Å². The molecule has 0 aromatic rings. The summed E-state index contributed by atoms with van der Waals surface area (Å²) in [6.45, 7) is 7.68. The average molecular weight is 219 g/mol. The second kappa shape index (κ2) is 4.70. The molecule has 5 heteroatoms. The van der Waals surface area contributed by atoms with Crippen molar-refractivity contribution >= 4 is 11.3 Å². The molecular weight excluding hydrogens is 200 g/mol. The summed E-state index contributed by atoms with van der Waals surface area (Å²) in [7, 11) is 0. The van der Waals surface area contributed by atoms with E-state index in [0.29, 0.717) is 19.1 Å². The van der Waals surface area contributed by atoms with Crippen LogP contribution in [0, 0.1) is 0 Å². The Bertz CT molecular complexity index is 207. The van der Waals surface area contributed by atoms with Crippen LogP contribution in [0.5, 0.6) is 0 Å². The molecule has 0 aliphatic carbocycles. The van der Waals surface area contributed by atoms with E-state index in [1.807, 2.05) is 0 Å². The Hall–Kier alpha value is 0.0300. The molecule has 0 amide bonds. The standard InChI is InChI=1S/C9H20N2O2S/c1-9(2,3)10-8-4-6-11(7-5-8)14(12)13/h8,10H,4-7H2,1-3H3,(H,12,13)/p-1. The first-order chi connectivity index (χ1) is 6.38. The van der Waals surface area contributed by atoms with Crippen molar-refractivity contribution in [3.05, 3.63) is 0 Å². The Kier molecular flexibility index (Phi) is 4.06. The van der Waals surface area contributed by atoms with Gasteiger partial charge in [-0.15, -0.1) is 0 Å². The molecule has 1 unspecified atom stereocenters. The van der Waals surface area contributed by atoms with Gasteiger partial charge in [0.25, 0.3) is 0 Å². The Morgan fingerprint density at radius 1 is 1.36 bits per heavy atom. The van der Waals surface area contributed by atoms with Gasteiger partial charge in [0, 0.05) is 35.9 Å². The van der Waals surface area contributed by atoms with Crippen LogP contribution in [0.4, 0.5) is 0 Å². The largest absolute Gasteiger partial charge is 0.760 e. The lowest BCUT2D eigenvalue weighted by Crippen LogP contribution is -2.49.